The SMILES string of the molecule is CCCCCCC=C[C@H]1[C@H](CN)CC(=O)[C@@H]1CCCCCC(OC(C)=O)C(=O)OC. The number of rotatable bonds is 15. The highest BCUT2D eigenvalue weighted by molar-refractivity contribution is 5.84. The number of ether oxygens (including phenoxy) is 2. The Balaban J connectivity index is 2.46. The van der Waals surface area contributed by atoms with Crippen LogP contribution in [0.2, 0.25) is 0 Å². The molecule has 1 rings (SSSR count). The summed E-state index contributed by atoms with van der Waals surface area (Å²) >= 11 is 0. The van der Waals surface area contributed by atoms with Crippen molar-refractivity contribution in [2.75, 3.05) is 13.7 Å². The van der Waals surface area contributed by atoms with E-state index in [0.29, 0.717) is 25.2 Å². The van der Waals surface area contributed by atoms with Gasteiger partial charge < -0.3 is 15.2 Å². The number of methoxy groups -OCH3 is 1. The number of esters is 2. The average molecular weight is 424 g/mol. The molecule has 1 fully saturated rings. The van der Waals surface area contributed by atoms with E-state index in [-0.39, 0.29) is 17.8 Å². The first-order valence-corrected chi connectivity index (χ1v) is 11.6. The van der Waals surface area contributed by atoms with E-state index in [2.05, 4.69) is 19.1 Å². The number of carbonyl (C=O) groups is 3. The van der Waals surface area contributed by atoms with Gasteiger partial charge in [0.2, 0.25) is 0 Å². The predicted octanol–water partition coefficient (Wildman–Crippen LogP) is 4.35. The van der Waals surface area contributed by atoms with Crippen molar-refractivity contribution in [1.29, 1.82) is 0 Å². The fourth-order valence-electron chi connectivity index (χ4n) is 4.34. The Kier molecular flexibility index (Phi) is 13.3. The van der Waals surface area contributed by atoms with Crippen LogP contribution in [0, 0.1) is 17.8 Å². The lowest BCUT2D eigenvalue weighted by Crippen LogP contribution is -2.27. The molecule has 1 aliphatic rings. The van der Waals surface area contributed by atoms with Crippen LogP contribution in [0.4, 0.5) is 0 Å². The van der Waals surface area contributed by atoms with Crippen LogP contribution < -0.4 is 5.73 Å². The molecule has 1 unspecified atom stereocenters. The van der Waals surface area contributed by atoms with Crippen molar-refractivity contribution >= 4 is 17.7 Å². The van der Waals surface area contributed by atoms with Crippen LogP contribution in [0.1, 0.15) is 84.5 Å². The van der Waals surface area contributed by atoms with Gasteiger partial charge in [-0.25, -0.2) is 4.79 Å². The molecule has 0 amide bonds. The van der Waals surface area contributed by atoms with Gasteiger partial charge in [-0.3, -0.25) is 9.59 Å². The minimum Gasteiger partial charge on any atom is -0.466 e. The second-order valence-electron chi connectivity index (χ2n) is 8.39. The summed E-state index contributed by atoms with van der Waals surface area (Å²) in [4.78, 5) is 35.4. The van der Waals surface area contributed by atoms with E-state index in [4.69, 9.17) is 15.2 Å². The molecule has 0 saturated heterocycles. The van der Waals surface area contributed by atoms with Gasteiger partial charge in [0.1, 0.15) is 5.78 Å². The highest BCUT2D eigenvalue weighted by atomic mass is 16.6. The summed E-state index contributed by atoms with van der Waals surface area (Å²) < 4.78 is 9.73. The fraction of sp³-hybridized carbons (Fsp3) is 0.792. The van der Waals surface area contributed by atoms with Crippen LogP contribution in [0.25, 0.3) is 0 Å². The smallest absolute Gasteiger partial charge is 0.347 e. The number of carbonyl (C=O) groups excluding carboxylic acids is 3. The molecule has 0 spiro atoms. The predicted molar refractivity (Wildman–Crippen MR) is 118 cm³/mol. The number of nitrogens with two attached hydrogens (primary N) is 1. The Bertz CT molecular complexity index is 560. The van der Waals surface area contributed by atoms with E-state index >= 15 is 0 Å². The lowest BCUT2D eigenvalue weighted by Gasteiger charge is -2.20. The van der Waals surface area contributed by atoms with Crippen LogP contribution in [-0.2, 0) is 23.9 Å². The second-order valence-corrected chi connectivity index (χ2v) is 8.39. The van der Waals surface area contributed by atoms with Crippen molar-refractivity contribution in [3.05, 3.63) is 12.2 Å². The maximum Gasteiger partial charge on any atom is 0.347 e. The topological polar surface area (TPSA) is 95.7 Å². The summed E-state index contributed by atoms with van der Waals surface area (Å²) in [6.45, 7) is 4.05. The molecule has 0 heterocycles. The standard InChI is InChI=1S/C24H41NO5/c1-4-5-6-7-8-10-13-20-19(17-25)16-22(27)21(20)14-11-9-12-15-23(24(28)29-3)30-18(2)26/h10,13,19-21,23H,4-9,11-12,14-17,25H2,1-3H3/t19-,20-,21+,23?/m0/s1. The van der Waals surface area contributed by atoms with Gasteiger partial charge >= 0.3 is 11.9 Å². The van der Waals surface area contributed by atoms with Gasteiger partial charge in [0.05, 0.1) is 7.11 Å². The fourth-order valence-corrected chi connectivity index (χ4v) is 4.34. The second kappa shape index (κ2) is 15.2. The maximum atomic E-state index is 12.5. The molecule has 0 radical (unpaired) electrons. The lowest BCUT2D eigenvalue weighted by molar-refractivity contribution is -0.165. The molecule has 30 heavy (non-hydrogen) atoms. The number of hydrogen-bond donors (Lipinski definition) is 1. The van der Waals surface area contributed by atoms with Crippen molar-refractivity contribution in [1.82, 2.24) is 0 Å². The molecule has 1 saturated carbocycles. The van der Waals surface area contributed by atoms with Crippen LogP contribution in [-0.4, -0.2) is 37.5 Å². The molecule has 0 aliphatic heterocycles. The summed E-state index contributed by atoms with van der Waals surface area (Å²) in [7, 11) is 1.29. The molecule has 6 nitrogen and oxygen atoms in total. The normalized spacial score (nSPS) is 22.4. The van der Waals surface area contributed by atoms with Crippen LogP contribution in [0.5, 0.6) is 0 Å². The summed E-state index contributed by atoms with van der Waals surface area (Å²) in [5.41, 5.74) is 5.94. The number of ketones is 1. The van der Waals surface area contributed by atoms with E-state index in [1.54, 1.807) is 0 Å². The highest BCUT2D eigenvalue weighted by Gasteiger charge is 2.39. The van der Waals surface area contributed by atoms with Crippen LogP contribution in [0.3, 0.4) is 0 Å². The third-order valence-corrected chi connectivity index (χ3v) is 6.03. The largest absolute Gasteiger partial charge is 0.466 e. The van der Waals surface area contributed by atoms with Gasteiger partial charge in [0.25, 0.3) is 0 Å². The highest BCUT2D eigenvalue weighted by Crippen LogP contribution is 2.38. The van der Waals surface area contributed by atoms with Crippen LogP contribution >= 0.6 is 0 Å². The minimum absolute atomic E-state index is 0.0512. The van der Waals surface area contributed by atoms with Gasteiger partial charge in [-0.1, -0.05) is 51.2 Å². The molecule has 0 aromatic heterocycles. The van der Waals surface area contributed by atoms with Crippen molar-refractivity contribution in [2.45, 2.75) is 90.6 Å². The summed E-state index contributed by atoms with van der Waals surface area (Å²) in [6, 6.07) is 0. The van der Waals surface area contributed by atoms with Crippen LogP contribution in [0.15, 0.2) is 12.2 Å². The molecule has 0 aromatic carbocycles. The minimum atomic E-state index is -0.842. The maximum absolute atomic E-state index is 12.5. The summed E-state index contributed by atoms with van der Waals surface area (Å²) in [6.07, 6.45) is 14.1. The van der Waals surface area contributed by atoms with Crippen molar-refractivity contribution < 1.29 is 23.9 Å². The lowest BCUT2D eigenvalue weighted by atomic mass is 9.85. The molecular weight excluding hydrogens is 382 g/mol. The Morgan fingerprint density at radius 3 is 2.53 bits per heavy atom. The number of allylic oxidation sites excluding steroid dienone is 2. The average Bonchev–Trinajstić information content (AvgIpc) is 3.03. The van der Waals surface area contributed by atoms with Gasteiger partial charge in [0.15, 0.2) is 6.10 Å². The van der Waals surface area contributed by atoms with E-state index in [1.807, 2.05) is 0 Å². The van der Waals surface area contributed by atoms with Crippen molar-refractivity contribution in [3.8, 4) is 0 Å². The number of hydrogen-bond acceptors (Lipinski definition) is 6. The quantitative estimate of drug-likeness (QED) is 0.239. The molecule has 1 aliphatic carbocycles. The van der Waals surface area contributed by atoms with Gasteiger partial charge in [0, 0.05) is 19.3 Å². The number of Topliss-reactive ketones (excluding diaryl/α,β-unsaturated/α-hetero) is 1. The molecule has 172 valence electrons. The van der Waals surface area contributed by atoms with Crippen molar-refractivity contribution in [3.63, 3.8) is 0 Å². The Morgan fingerprint density at radius 1 is 1.17 bits per heavy atom. The zero-order valence-corrected chi connectivity index (χ0v) is 19.1. The molecule has 0 bridgehead atoms. The summed E-state index contributed by atoms with van der Waals surface area (Å²) in [5, 5.41) is 0. The Labute approximate surface area is 181 Å². The molecule has 4 atom stereocenters. The van der Waals surface area contributed by atoms with Crippen molar-refractivity contribution in [2.24, 2.45) is 23.5 Å². The third-order valence-electron chi connectivity index (χ3n) is 6.03. The molecular formula is C24H41NO5. The Morgan fingerprint density at radius 2 is 1.90 bits per heavy atom. The molecule has 0 aromatic rings. The zero-order valence-electron chi connectivity index (χ0n) is 19.1. The number of unbranched alkanes of at least 4 members (excludes halogenated alkanes) is 6. The van der Waals surface area contributed by atoms with E-state index < -0.39 is 18.0 Å². The van der Waals surface area contributed by atoms with Gasteiger partial charge in [-0.2, -0.15) is 0 Å². The van der Waals surface area contributed by atoms with E-state index in [0.717, 1.165) is 32.1 Å². The monoisotopic (exact) mass is 423 g/mol. The van der Waals surface area contributed by atoms with Gasteiger partial charge in [-0.15, -0.1) is 0 Å². The molecule has 2 N–H and O–H groups in total. The zero-order chi connectivity index (χ0) is 22.4. The third kappa shape index (κ3) is 9.41. The summed E-state index contributed by atoms with van der Waals surface area (Å²) in [5.74, 6) is -0.126. The first-order valence-electron chi connectivity index (χ1n) is 11.6. The Hall–Kier alpha value is -1.69. The van der Waals surface area contributed by atoms with E-state index in [9.17, 15) is 14.4 Å². The van der Waals surface area contributed by atoms with E-state index in [1.165, 1.54) is 39.7 Å². The molecule has 6 heteroatoms. The van der Waals surface area contributed by atoms with Gasteiger partial charge in [-0.05, 0) is 50.5 Å². The first-order chi connectivity index (χ1) is 14.4. The first kappa shape index (κ1) is 26.3.